The van der Waals surface area contributed by atoms with Crippen molar-refractivity contribution >= 4 is 29.3 Å². The standard InChI is InChI=1S/C26H31FN4O4/c1-17(32)21-6-3-7-23(14-21)30-26(35)28-15-24(29-18(2)33)25(34)31-12-4-5-20(16-31)13-19-8-10-22(27)11-9-19/h3,6-11,14,20,24H,4-5,12-13,15-16H2,1-2H3,(H,29,33)(H2,28,30,35)/t20?,24-/m0/s1. The minimum Gasteiger partial charge on any atom is -0.343 e. The third kappa shape index (κ3) is 7.91. The van der Waals surface area contributed by atoms with E-state index >= 15 is 0 Å². The first kappa shape index (κ1) is 25.9. The molecule has 0 spiro atoms. The summed E-state index contributed by atoms with van der Waals surface area (Å²) in [7, 11) is 0. The average Bonchev–Trinajstić information content (AvgIpc) is 2.83. The maximum atomic E-state index is 13.2. The number of nitrogens with zero attached hydrogens (tertiary/aromatic N) is 1. The summed E-state index contributed by atoms with van der Waals surface area (Å²) < 4.78 is 13.2. The van der Waals surface area contributed by atoms with Gasteiger partial charge in [-0.25, -0.2) is 9.18 Å². The van der Waals surface area contributed by atoms with Crippen molar-refractivity contribution in [3.63, 3.8) is 0 Å². The minimum absolute atomic E-state index is 0.0875. The van der Waals surface area contributed by atoms with E-state index in [9.17, 15) is 23.6 Å². The molecule has 1 unspecified atom stereocenters. The van der Waals surface area contributed by atoms with Crippen LogP contribution in [0.3, 0.4) is 0 Å². The molecule has 0 saturated carbocycles. The second kappa shape index (κ2) is 12.1. The summed E-state index contributed by atoms with van der Waals surface area (Å²) >= 11 is 0. The number of carbonyl (C=O) groups excluding carboxylic acids is 4. The second-order valence-corrected chi connectivity index (χ2v) is 8.85. The molecule has 1 aliphatic rings. The Morgan fingerprint density at radius 2 is 1.83 bits per heavy atom. The van der Waals surface area contributed by atoms with Crippen molar-refractivity contribution in [3.8, 4) is 0 Å². The van der Waals surface area contributed by atoms with Crippen LogP contribution in [0, 0.1) is 11.7 Å². The summed E-state index contributed by atoms with van der Waals surface area (Å²) in [5, 5.41) is 7.90. The summed E-state index contributed by atoms with van der Waals surface area (Å²) in [6.07, 6.45) is 2.51. The van der Waals surface area contributed by atoms with Crippen LogP contribution in [0.1, 0.15) is 42.6 Å². The Bertz CT molecular complexity index is 1070. The Labute approximate surface area is 204 Å². The quantitative estimate of drug-likeness (QED) is 0.503. The van der Waals surface area contributed by atoms with E-state index in [1.165, 1.54) is 26.0 Å². The zero-order valence-electron chi connectivity index (χ0n) is 20.0. The maximum absolute atomic E-state index is 13.2. The number of rotatable bonds is 8. The van der Waals surface area contributed by atoms with Crippen molar-refractivity contribution in [1.29, 1.82) is 0 Å². The monoisotopic (exact) mass is 482 g/mol. The number of carbonyl (C=O) groups is 4. The summed E-state index contributed by atoms with van der Waals surface area (Å²) in [6.45, 7) is 3.76. The Morgan fingerprint density at radius 1 is 1.09 bits per heavy atom. The van der Waals surface area contributed by atoms with E-state index in [2.05, 4.69) is 16.0 Å². The normalized spacial score (nSPS) is 16.2. The molecule has 3 rings (SSSR count). The highest BCUT2D eigenvalue weighted by atomic mass is 19.1. The molecule has 186 valence electrons. The lowest BCUT2D eigenvalue weighted by Crippen LogP contribution is -2.55. The molecule has 2 atom stereocenters. The van der Waals surface area contributed by atoms with Crippen LogP contribution >= 0.6 is 0 Å². The molecule has 1 fully saturated rings. The fraction of sp³-hybridized carbons (Fsp3) is 0.385. The van der Waals surface area contributed by atoms with E-state index in [0.29, 0.717) is 24.3 Å². The molecular weight excluding hydrogens is 451 g/mol. The van der Waals surface area contributed by atoms with Crippen LogP contribution < -0.4 is 16.0 Å². The van der Waals surface area contributed by atoms with Crippen molar-refractivity contribution in [1.82, 2.24) is 15.5 Å². The zero-order chi connectivity index (χ0) is 25.4. The average molecular weight is 483 g/mol. The predicted octanol–water partition coefficient (Wildman–Crippen LogP) is 3.14. The van der Waals surface area contributed by atoms with Gasteiger partial charge in [0.15, 0.2) is 5.78 Å². The van der Waals surface area contributed by atoms with E-state index in [4.69, 9.17) is 0 Å². The lowest BCUT2D eigenvalue weighted by Gasteiger charge is -2.35. The molecule has 35 heavy (non-hydrogen) atoms. The molecule has 0 bridgehead atoms. The van der Waals surface area contributed by atoms with E-state index < -0.39 is 12.1 Å². The third-order valence-electron chi connectivity index (χ3n) is 5.94. The van der Waals surface area contributed by atoms with Crippen LogP contribution in [-0.4, -0.2) is 54.2 Å². The van der Waals surface area contributed by atoms with Crippen LogP contribution in [0.4, 0.5) is 14.9 Å². The molecule has 2 aromatic rings. The summed E-state index contributed by atoms with van der Waals surface area (Å²) in [6, 6.07) is 11.4. The van der Waals surface area contributed by atoms with Gasteiger partial charge in [-0.05, 0) is 61.9 Å². The van der Waals surface area contributed by atoms with Crippen molar-refractivity contribution in [2.75, 3.05) is 25.0 Å². The van der Waals surface area contributed by atoms with E-state index in [1.54, 1.807) is 41.3 Å². The second-order valence-electron chi connectivity index (χ2n) is 8.85. The van der Waals surface area contributed by atoms with Gasteiger partial charge in [-0.3, -0.25) is 14.4 Å². The molecule has 2 aromatic carbocycles. The number of hydrogen-bond donors (Lipinski definition) is 3. The van der Waals surface area contributed by atoms with E-state index in [0.717, 1.165) is 24.8 Å². The lowest BCUT2D eigenvalue weighted by molar-refractivity contribution is -0.137. The van der Waals surface area contributed by atoms with Crippen molar-refractivity contribution < 1.29 is 23.6 Å². The first-order chi connectivity index (χ1) is 16.7. The number of ketones is 1. The minimum atomic E-state index is -0.911. The number of piperidine rings is 1. The molecule has 1 heterocycles. The predicted molar refractivity (Wildman–Crippen MR) is 130 cm³/mol. The zero-order valence-corrected chi connectivity index (χ0v) is 20.0. The van der Waals surface area contributed by atoms with Crippen molar-refractivity contribution in [2.24, 2.45) is 5.92 Å². The van der Waals surface area contributed by atoms with Crippen molar-refractivity contribution in [2.45, 2.75) is 39.2 Å². The van der Waals surface area contributed by atoms with Crippen molar-refractivity contribution in [3.05, 3.63) is 65.5 Å². The molecule has 0 aromatic heterocycles. The van der Waals surface area contributed by atoms with Gasteiger partial charge in [0.2, 0.25) is 11.8 Å². The molecule has 0 radical (unpaired) electrons. The molecule has 8 nitrogen and oxygen atoms in total. The van der Waals surface area contributed by atoms with Crippen LogP contribution in [0.5, 0.6) is 0 Å². The molecule has 0 aliphatic carbocycles. The van der Waals surface area contributed by atoms with Crippen LogP contribution in [0.15, 0.2) is 48.5 Å². The molecule has 1 aliphatic heterocycles. The Kier molecular flexibility index (Phi) is 8.94. The van der Waals surface area contributed by atoms with Gasteiger partial charge >= 0.3 is 6.03 Å². The number of anilines is 1. The number of likely N-dealkylation sites (tertiary alicyclic amines) is 1. The van der Waals surface area contributed by atoms with E-state index in [-0.39, 0.29) is 35.9 Å². The highest BCUT2D eigenvalue weighted by Gasteiger charge is 2.30. The van der Waals surface area contributed by atoms with Gasteiger partial charge in [0, 0.05) is 37.8 Å². The summed E-state index contributed by atoms with van der Waals surface area (Å²) in [5.41, 5.74) is 1.92. The van der Waals surface area contributed by atoms with Gasteiger partial charge in [0.05, 0.1) is 0 Å². The maximum Gasteiger partial charge on any atom is 0.319 e. The summed E-state index contributed by atoms with van der Waals surface area (Å²) in [4.78, 5) is 50.6. The topological polar surface area (TPSA) is 108 Å². The smallest absolute Gasteiger partial charge is 0.319 e. The lowest BCUT2D eigenvalue weighted by atomic mass is 9.91. The van der Waals surface area contributed by atoms with Gasteiger partial charge in [0.1, 0.15) is 11.9 Å². The van der Waals surface area contributed by atoms with Gasteiger partial charge in [-0.15, -0.1) is 0 Å². The van der Waals surface area contributed by atoms with Crippen LogP contribution in [0.2, 0.25) is 0 Å². The molecule has 1 saturated heterocycles. The highest BCUT2D eigenvalue weighted by Crippen LogP contribution is 2.22. The number of hydrogen-bond acceptors (Lipinski definition) is 4. The first-order valence-corrected chi connectivity index (χ1v) is 11.7. The fourth-order valence-corrected chi connectivity index (χ4v) is 4.24. The third-order valence-corrected chi connectivity index (χ3v) is 5.94. The first-order valence-electron chi connectivity index (χ1n) is 11.7. The molecule has 9 heteroatoms. The van der Waals surface area contributed by atoms with Gasteiger partial charge in [-0.2, -0.15) is 0 Å². The van der Waals surface area contributed by atoms with Gasteiger partial charge < -0.3 is 20.9 Å². The van der Waals surface area contributed by atoms with Gasteiger partial charge in [-0.1, -0.05) is 24.3 Å². The largest absolute Gasteiger partial charge is 0.343 e. The summed E-state index contributed by atoms with van der Waals surface area (Å²) in [5.74, 6) is -0.816. The number of halogens is 1. The number of benzene rings is 2. The number of urea groups is 1. The Morgan fingerprint density at radius 3 is 2.51 bits per heavy atom. The van der Waals surface area contributed by atoms with E-state index in [1.807, 2.05) is 0 Å². The number of Topliss-reactive ketones (excluding diaryl/α,β-unsaturated/α-hetero) is 1. The molecule has 3 N–H and O–H groups in total. The number of nitrogens with one attached hydrogen (secondary N) is 3. The van der Waals surface area contributed by atoms with Crippen LogP contribution in [0.25, 0.3) is 0 Å². The fourth-order valence-electron chi connectivity index (χ4n) is 4.24. The van der Waals surface area contributed by atoms with Gasteiger partial charge in [0.25, 0.3) is 0 Å². The SMILES string of the molecule is CC(=O)N[C@@H](CNC(=O)Nc1cccc(C(C)=O)c1)C(=O)N1CCCC(Cc2ccc(F)cc2)C1. The Balaban J connectivity index is 1.58. The molecule has 4 amide bonds. The van der Waals surface area contributed by atoms with Crippen LogP contribution in [-0.2, 0) is 16.0 Å². The molecular formula is C26H31FN4O4. The number of amides is 4. The Hall–Kier alpha value is -3.75. The highest BCUT2D eigenvalue weighted by molar-refractivity contribution is 5.97.